The van der Waals surface area contributed by atoms with Gasteiger partial charge in [-0.3, -0.25) is 24.1 Å². The first-order valence-electron chi connectivity index (χ1n) is 11.9. The second-order valence-electron chi connectivity index (χ2n) is 8.24. The molecule has 0 bridgehead atoms. The van der Waals surface area contributed by atoms with Gasteiger partial charge >= 0.3 is 0 Å². The van der Waals surface area contributed by atoms with Crippen molar-refractivity contribution in [3.63, 3.8) is 0 Å². The number of hydrogen-bond donors (Lipinski definition) is 2. The molecule has 0 aromatic heterocycles. The Balaban J connectivity index is 1.31. The van der Waals surface area contributed by atoms with E-state index in [4.69, 9.17) is 4.74 Å². The van der Waals surface area contributed by atoms with Crippen molar-refractivity contribution in [3.8, 4) is 5.75 Å². The molecule has 0 unspecified atom stereocenters. The Labute approximate surface area is 209 Å². The Hall–Kier alpha value is -4.46. The van der Waals surface area contributed by atoms with Gasteiger partial charge in [0, 0.05) is 13.0 Å². The molecule has 8 heteroatoms. The van der Waals surface area contributed by atoms with Crippen LogP contribution in [0.25, 0.3) is 0 Å². The van der Waals surface area contributed by atoms with Crippen molar-refractivity contribution in [2.45, 2.75) is 26.2 Å². The summed E-state index contributed by atoms with van der Waals surface area (Å²) >= 11 is 0. The van der Waals surface area contributed by atoms with E-state index in [0.717, 1.165) is 0 Å². The van der Waals surface area contributed by atoms with Gasteiger partial charge in [-0.05, 0) is 56.2 Å². The van der Waals surface area contributed by atoms with Gasteiger partial charge in [-0.2, -0.15) is 0 Å². The topological polar surface area (TPSA) is 105 Å². The summed E-state index contributed by atoms with van der Waals surface area (Å²) in [5, 5.41) is 5.64. The summed E-state index contributed by atoms with van der Waals surface area (Å²) in [5.41, 5.74) is 2.09. The normalized spacial score (nSPS) is 12.3. The maximum Gasteiger partial charge on any atom is 0.261 e. The molecule has 8 nitrogen and oxygen atoms in total. The lowest BCUT2D eigenvalue weighted by Crippen LogP contribution is -2.30. The van der Waals surface area contributed by atoms with Gasteiger partial charge in [-0.25, -0.2) is 0 Å². The number of anilines is 2. The Kier molecular flexibility index (Phi) is 7.75. The molecule has 0 radical (unpaired) electrons. The molecule has 0 saturated carbocycles. The van der Waals surface area contributed by atoms with Crippen LogP contribution in [0.4, 0.5) is 11.4 Å². The van der Waals surface area contributed by atoms with Crippen LogP contribution in [-0.2, 0) is 4.79 Å². The van der Waals surface area contributed by atoms with E-state index in [2.05, 4.69) is 10.6 Å². The summed E-state index contributed by atoms with van der Waals surface area (Å²) in [6, 6.07) is 20.7. The molecule has 36 heavy (non-hydrogen) atoms. The summed E-state index contributed by atoms with van der Waals surface area (Å²) in [6.07, 6.45) is 1.16. The molecule has 0 fully saturated rings. The fourth-order valence-corrected chi connectivity index (χ4v) is 4.04. The molecular formula is C28H27N3O5. The summed E-state index contributed by atoms with van der Waals surface area (Å²) in [7, 11) is 0. The lowest BCUT2D eigenvalue weighted by Gasteiger charge is -2.14. The molecule has 4 rings (SSSR count). The second-order valence-corrected chi connectivity index (χ2v) is 8.24. The zero-order valence-electron chi connectivity index (χ0n) is 20.0. The number of carbonyl (C=O) groups is 4. The van der Waals surface area contributed by atoms with Crippen molar-refractivity contribution in [1.29, 1.82) is 0 Å². The molecule has 3 aromatic carbocycles. The monoisotopic (exact) mass is 485 g/mol. The maximum atomic E-state index is 12.9. The van der Waals surface area contributed by atoms with Crippen LogP contribution in [0, 0.1) is 0 Å². The first-order valence-corrected chi connectivity index (χ1v) is 11.9. The number of imide groups is 1. The third-order valence-corrected chi connectivity index (χ3v) is 5.79. The van der Waals surface area contributed by atoms with E-state index in [1.807, 2.05) is 13.0 Å². The molecule has 2 N–H and O–H groups in total. The number of amides is 4. The maximum absolute atomic E-state index is 12.9. The number of unbranched alkanes of at least 4 members (excludes halogenated alkanes) is 1. The van der Waals surface area contributed by atoms with Gasteiger partial charge in [0.15, 0.2) is 0 Å². The largest absolute Gasteiger partial charge is 0.492 e. The minimum Gasteiger partial charge on any atom is -0.492 e. The van der Waals surface area contributed by atoms with Crippen molar-refractivity contribution in [2.24, 2.45) is 0 Å². The number of para-hydroxylation sites is 3. The zero-order valence-corrected chi connectivity index (χ0v) is 20.0. The van der Waals surface area contributed by atoms with Crippen LogP contribution in [0.15, 0.2) is 72.8 Å². The fraction of sp³-hybridized carbons (Fsp3) is 0.214. The average Bonchev–Trinajstić information content (AvgIpc) is 3.13. The molecule has 3 aromatic rings. The number of benzene rings is 3. The number of carbonyl (C=O) groups excluding carboxylic acids is 4. The minimum atomic E-state index is -0.372. The molecule has 1 aliphatic rings. The van der Waals surface area contributed by atoms with Gasteiger partial charge in [0.1, 0.15) is 5.75 Å². The number of fused-ring (bicyclic) bond motifs is 1. The quantitative estimate of drug-likeness (QED) is 0.319. The first kappa shape index (κ1) is 24.7. The number of nitrogens with zero attached hydrogens (tertiary/aromatic N) is 1. The molecule has 0 atom stereocenters. The highest BCUT2D eigenvalue weighted by atomic mass is 16.5. The highest BCUT2D eigenvalue weighted by Crippen LogP contribution is 2.26. The van der Waals surface area contributed by atoms with Crippen molar-refractivity contribution in [2.75, 3.05) is 23.8 Å². The standard InChI is InChI=1S/C28H27N3O5/c1-2-36-24-16-8-7-15-23(24)30-26(33)21-13-5-6-14-22(21)29-25(32)17-9-10-18-31-27(34)19-11-3-4-12-20(19)28(31)35/h3-8,11-16H,2,9-10,17-18H2,1H3,(H,29,32)(H,30,33). The van der Waals surface area contributed by atoms with E-state index in [1.54, 1.807) is 66.7 Å². The Morgan fingerprint density at radius 3 is 2.08 bits per heavy atom. The van der Waals surface area contributed by atoms with Crippen LogP contribution >= 0.6 is 0 Å². The molecule has 184 valence electrons. The van der Waals surface area contributed by atoms with Crippen molar-refractivity contribution in [3.05, 3.63) is 89.5 Å². The number of ether oxygens (including phenoxy) is 1. The summed E-state index contributed by atoms with van der Waals surface area (Å²) in [5.74, 6) is -0.666. The predicted molar refractivity (Wildman–Crippen MR) is 136 cm³/mol. The van der Waals surface area contributed by atoms with E-state index in [1.165, 1.54) is 4.90 Å². The highest BCUT2D eigenvalue weighted by Gasteiger charge is 2.34. The van der Waals surface area contributed by atoms with Gasteiger partial charge in [-0.15, -0.1) is 0 Å². The SMILES string of the molecule is CCOc1ccccc1NC(=O)c1ccccc1NC(=O)CCCCN1C(=O)c2ccccc2C1=O. The Morgan fingerprint density at radius 1 is 0.778 bits per heavy atom. The van der Waals surface area contributed by atoms with Crippen LogP contribution in [-0.4, -0.2) is 41.7 Å². The van der Waals surface area contributed by atoms with E-state index in [9.17, 15) is 19.2 Å². The average molecular weight is 486 g/mol. The molecular weight excluding hydrogens is 458 g/mol. The van der Waals surface area contributed by atoms with E-state index < -0.39 is 0 Å². The molecule has 1 aliphatic heterocycles. The van der Waals surface area contributed by atoms with Crippen LogP contribution < -0.4 is 15.4 Å². The second kappa shape index (κ2) is 11.3. The van der Waals surface area contributed by atoms with Gasteiger partial charge in [0.05, 0.1) is 34.7 Å². The number of rotatable bonds is 10. The first-order chi connectivity index (χ1) is 17.5. The molecule has 0 aliphatic carbocycles. The lowest BCUT2D eigenvalue weighted by atomic mass is 10.1. The van der Waals surface area contributed by atoms with Crippen molar-refractivity contribution < 1.29 is 23.9 Å². The van der Waals surface area contributed by atoms with Crippen molar-refractivity contribution in [1.82, 2.24) is 4.90 Å². The summed E-state index contributed by atoms with van der Waals surface area (Å²) in [6.45, 7) is 2.58. The van der Waals surface area contributed by atoms with Gasteiger partial charge in [0.2, 0.25) is 5.91 Å². The van der Waals surface area contributed by atoms with E-state index >= 15 is 0 Å². The summed E-state index contributed by atoms with van der Waals surface area (Å²) in [4.78, 5) is 51.6. The van der Waals surface area contributed by atoms with Crippen LogP contribution in [0.2, 0.25) is 0 Å². The van der Waals surface area contributed by atoms with E-state index in [-0.39, 0.29) is 36.6 Å². The van der Waals surface area contributed by atoms with Gasteiger partial charge in [-0.1, -0.05) is 36.4 Å². The Bertz CT molecular complexity index is 1270. The van der Waals surface area contributed by atoms with Crippen LogP contribution in [0.3, 0.4) is 0 Å². The number of nitrogens with one attached hydrogen (secondary N) is 2. The van der Waals surface area contributed by atoms with E-state index in [0.29, 0.717) is 53.3 Å². The highest BCUT2D eigenvalue weighted by molar-refractivity contribution is 6.21. The fourth-order valence-electron chi connectivity index (χ4n) is 4.04. The minimum absolute atomic E-state index is 0.187. The third kappa shape index (κ3) is 5.43. The third-order valence-electron chi connectivity index (χ3n) is 5.79. The van der Waals surface area contributed by atoms with Crippen LogP contribution in [0.5, 0.6) is 5.75 Å². The van der Waals surface area contributed by atoms with Gasteiger partial charge in [0.25, 0.3) is 17.7 Å². The van der Waals surface area contributed by atoms with Gasteiger partial charge < -0.3 is 15.4 Å². The molecule has 0 spiro atoms. The van der Waals surface area contributed by atoms with Crippen molar-refractivity contribution >= 4 is 35.0 Å². The summed E-state index contributed by atoms with van der Waals surface area (Å²) < 4.78 is 5.56. The molecule has 1 heterocycles. The molecule has 0 saturated heterocycles. The predicted octanol–water partition coefficient (Wildman–Crippen LogP) is 4.74. The smallest absolute Gasteiger partial charge is 0.261 e. The lowest BCUT2D eigenvalue weighted by molar-refractivity contribution is -0.116. The zero-order chi connectivity index (χ0) is 25.5. The Morgan fingerprint density at radius 2 is 1.39 bits per heavy atom. The molecule has 4 amide bonds. The van der Waals surface area contributed by atoms with Crippen LogP contribution in [0.1, 0.15) is 57.3 Å². The number of hydrogen-bond acceptors (Lipinski definition) is 5.